The molecule has 0 amide bonds. The molecule has 1 aliphatic rings. The van der Waals surface area contributed by atoms with Gasteiger partial charge in [0.05, 0.1) is 0 Å². The highest BCUT2D eigenvalue weighted by molar-refractivity contribution is 5.91. The molecule has 15 heavy (non-hydrogen) atoms. The molecule has 0 bridgehead atoms. The van der Waals surface area contributed by atoms with Crippen molar-refractivity contribution in [1.29, 1.82) is 0 Å². The minimum absolute atomic E-state index is 0.293. The second kappa shape index (κ2) is 4.43. The van der Waals surface area contributed by atoms with Gasteiger partial charge < -0.3 is 0 Å². The van der Waals surface area contributed by atoms with Crippen LogP contribution in [0.1, 0.15) is 31.4 Å². The first kappa shape index (κ1) is 10.1. The van der Waals surface area contributed by atoms with E-state index in [0.29, 0.717) is 5.78 Å². The monoisotopic (exact) mass is 204 g/mol. The minimum atomic E-state index is 0.293. The molecular formula is C12H16N2O. The molecule has 0 aliphatic heterocycles. The van der Waals surface area contributed by atoms with Crippen LogP contribution in [0, 0.1) is 0 Å². The normalized spacial score (nSPS) is 16.6. The lowest BCUT2D eigenvalue weighted by Gasteiger charge is -2.11. The van der Waals surface area contributed by atoms with Gasteiger partial charge in [0.15, 0.2) is 5.78 Å². The molecule has 0 radical (unpaired) electrons. The predicted octanol–water partition coefficient (Wildman–Crippen LogP) is 2.03. The number of allylic oxidation sites excluding steroid dienone is 2. The van der Waals surface area contributed by atoms with Gasteiger partial charge in [-0.25, -0.2) is 0 Å². The van der Waals surface area contributed by atoms with Crippen LogP contribution in [0.15, 0.2) is 23.9 Å². The Labute approximate surface area is 89.8 Å². The Morgan fingerprint density at radius 1 is 1.40 bits per heavy atom. The molecule has 0 spiro atoms. The van der Waals surface area contributed by atoms with Gasteiger partial charge >= 0.3 is 0 Å². The molecule has 2 rings (SSSR count). The zero-order valence-corrected chi connectivity index (χ0v) is 9.07. The smallest absolute Gasteiger partial charge is 0.155 e. The van der Waals surface area contributed by atoms with E-state index < -0.39 is 0 Å². The van der Waals surface area contributed by atoms with E-state index in [-0.39, 0.29) is 0 Å². The summed E-state index contributed by atoms with van der Waals surface area (Å²) < 4.78 is 1.89. The average molecular weight is 204 g/mol. The van der Waals surface area contributed by atoms with Gasteiger partial charge in [-0.3, -0.25) is 9.48 Å². The fourth-order valence-electron chi connectivity index (χ4n) is 1.99. The molecule has 1 aliphatic carbocycles. The van der Waals surface area contributed by atoms with Crippen molar-refractivity contribution in [3.63, 3.8) is 0 Å². The van der Waals surface area contributed by atoms with Crippen LogP contribution in [0.25, 0.3) is 0 Å². The molecule has 0 fully saturated rings. The molecule has 80 valence electrons. The maximum absolute atomic E-state index is 11.2. The Hall–Kier alpha value is -1.38. The highest BCUT2D eigenvalue weighted by Crippen LogP contribution is 2.19. The van der Waals surface area contributed by atoms with Crippen molar-refractivity contribution in [3.8, 4) is 0 Å². The fraction of sp³-hybridized carbons (Fsp3) is 0.500. The average Bonchev–Trinajstić information content (AvgIpc) is 2.61. The minimum Gasteiger partial charge on any atom is -0.295 e. The summed E-state index contributed by atoms with van der Waals surface area (Å²) in [6.45, 7) is 0. The Kier molecular flexibility index (Phi) is 2.99. The van der Waals surface area contributed by atoms with Gasteiger partial charge in [-0.05, 0) is 37.8 Å². The molecular weight excluding hydrogens is 188 g/mol. The van der Waals surface area contributed by atoms with Gasteiger partial charge in [-0.2, -0.15) is 5.10 Å². The van der Waals surface area contributed by atoms with Crippen molar-refractivity contribution >= 4 is 5.78 Å². The van der Waals surface area contributed by atoms with Crippen LogP contribution in [-0.4, -0.2) is 15.6 Å². The van der Waals surface area contributed by atoms with Gasteiger partial charge in [0, 0.05) is 25.4 Å². The van der Waals surface area contributed by atoms with E-state index in [9.17, 15) is 4.79 Å². The van der Waals surface area contributed by atoms with Crippen LogP contribution in [-0.2, 0) is 18.3 Å². The zero-order valence-electron chi connectivity index (χ0n) is 9.07. The molecule has 1 heterocycles. The number of aromatic nitrogens is 2. The first-order valence-corrected chi connectivity index (χ1v) is 5.45. The van der Waals surface area contributed by atoms with Gasteiger partial charge in [-0.1, -0.05) is 5.57 Å². The Bertz CT molecular complexity index is 390. The van der Waals surface area contributed by atoms with Crippen LogP contribution in [0.3, 0.4) is 0 Å². The van der Waals surface area contributed by atoms with Crippen LogP contribution in [0.5, 0.6) is 0 Å². The van der Waals surface area contributed by atoms with Gasteiger partial charge in [0.25, 0.3) is 0 Å². The van der Waals surface area contributed by atoms with Crippen molar-refractivity contribution in [2.75, 3.05) is 0 Å². The molecule has 0 atom stereocenters. The lowest BCUT2D eigenvalue weighted by molar-refractivity contribution is -0.115. The molecule has 0 saturated carbocycles. The summed E-state index contributed by atoms with van der Waals surface area (Å²) in [5.41, 5.74) is 2.53. The highest BCUT2D eigenvalue weighted by Gasteiger charge is 2.10. The molecule has 1 aromatic rings. The van der Waals surface area contributed by atoms with Crippen molar-refractivity contribution in [2.24, 2.45) is 7.05 Å². The molecule has 3 heteroatoms. The number of carbonyl (C=O) groups is 1. The van der Waals surface area contributed by atoms with Crippen molar-refractivity contribution in [1.82, 2.24) is 9.78 Å². The molecule has 0 N–H and O–H groups in total. The summed E-state index contributed by atoms with van der Waals surface area (Å²) in [7, 11) is 1.95. The van der Waals surface area contributed by atoms with E-state index in [2.05, 4.69) is 5.10 Å². The van der Waals surface area contributed by atoms with Crippen molar-refractivity contribution in [2.45, 2.75) is 32.1 Å². The van der Waals surface area contributed by atoms with E-state index in [1.165, 1.54) is 11.3 Å². The summed E-state index contributed by atoms with van der Waals surface area (Å²) in [5.74, 6) is 0.293. The van der Waals surface area contributed by atoms with E-state index in [0.717, 1.165) is 32.1 Å². The maximum Gasteiger partial charge on any atom is 0.155 e. The van der Waals surface area contributed by atoms with Crippen LogP contribution in [0.4, 0.5) is 0 Å². The summed E-state index contributed by atoms with van der Waals surface area (Å²) in [6, 6.07) is 2.03. The third-order valence-corrected chi connectivity index (χ3v) is 2.91. The Morgan fingerprint density at radius 3 is 2.93 bits per heavy atom. The molecule has 0 unspecified atom stereocenters. The molecule has 3 nitrogen and oxygen atoms in total. The van der Waals surface area contributed by atoms with Crippen molar-refractivity contribution in [3.05, 3.63) is 29.6 Å². The number of carbonyl (C=O) groups excluding carboxylic acids is 1. The maximum atomic E-state index is 11.2. The largest absolute Gasteiger partial charge is 0.295 e. The van der Waals surface area contributed by atoms with Gasteiger partial charge in [-0.15, -0.1) is 0 Å². The second-order valence-electron chi connectivity index (χ2n) is 4.07. The number of hydrogen-bond acceptors (Lipinski definition) is 2. The standard InChI is InChI=1S/C12H16N2O/c1-14-11(7-8-13-14)6-5-10-3-2-4-12(15)9-10/h7-9H,2-6H2,1H3. The van der Waals surface area contributed by atoms with E-state index >= 15 is 0 Å². The number of hydrogen-bond donors (Lipinski definition) is 0. The van der Waals surface area contributed by atoms with Crippen LogP contribution < -0.4 is 0 Å². The SMILES string of the molecule is Cn1nccc1CCC1=CC(=O)CCC1. The predicted molar refractivity (Wildman–Crippen MR) is 58.5 cm³/mol. The van der Waals surface area contributed by atoms with E-state index in [4.69, 9.17) is 0 Å². The fourth-order valence-corrected chi connectivity index (χ4v) is 1.99. The Morgan fingerprint density at radius 2 is 2.27 bits per heavy atom. The van der Waals surface area contributed by atoms with Crippen molar-refractivity contribution < 1.29 is 4.79 Å². The quantitative estimate of drug-likeness (QED) is 0.755. The summed E-state index contributed by atoms with van der Waals surface area (Å²) >= 11 is 0. The zero-order chi connectivity index (χ0) is 10.7. The topological polar surface area (TPSA) is 34.9 Å². The third kappa shape index (κ3) is 2.55. The van der Waals surface area contributed by atoms with Gasteiger partial charge in [0.2, 0.25) is 0 Å². The second-order valence-corrected chi connectivity index (χ2v) is 4.07. The first-order valence-electron chi connectivity index (χ1n) is 5.45. The third-order valence-electron chi connectivity index (χ3n) is 2.91. The molecule has 0 saturated heterocycles. The summed E-state index contributed by atoms with van der Waals surface area (Å²) in [5, 5.41) is 4.13. The first-order chi connectivity index (χ1) is 7.25. The van der Waals surface area contributed by atoms with Gasteiger partial charge in [0.1, 0.15) is 0 Å². The number of aryl methyl sites for hydroxylation is 2. The number of nitrogens with zero attached hydrogens (tertiary/aromatic N) is 2. The molecule has 1 aromatic heterocycles. The number of ketones is 1. The lowest BCUT2D eigenvalue weighted by Crippen LogP contribution is -2.05. The van der Waals surface area contributed by atoms with Crippen LogP contribution >= 0.6 is 0 Å². The summed E-state index contributed by atoms with van der Waals surface area (Å²) in [4.78, 5) is 11.2. The van der Waals surface area contributed by atoms with Crippen LogP contribution in [0.2, 0.25) is 0 Å². The summed E-state index contributed by atoms with van der Waals surface area (Å²) in [6.07, 6.45) is 8.46. The highest BCUT2D eigenvalue weighted by atomic mass is 16.1. The van der Waals surface area contributed by atoms with E-state index in [1.807, 2.05) is 30.1 Å². The Balaban J connectivity index is 1.93. The lowest BCUT2D eigenvalue weighted by atomic mass is 9.95. The van der Waals surface area contributed by atoms with E-state index in [1.54, 1.807) is 0 Å². The number of rotatable bonds is 3. The molecule has 0 aromatic carbocycles.